The SMILES string of the molecule is CCc1cc(NC(=O)c2cc(C)nc3ccc(C)cc23)no1. The van der Waals surface area contributed by atoms with Crippen LogP contribution in [0.4, 0.5) is 5.82 Å². The van der Waals surface area contributed by atoms with Gasteiger partial charge in [0.15, 0.2) is 5.82 Å². The molecule has 0 unspecified atom stereocenters. The minimum Gasteiger partial charge on any atom is -0.359 e. The summed E-state index contributed by atoms with van der Waals surface area (Å²) in [6.07, 6.45) is 0.735. The predicted octanol–water partition coefficient (Wildman–Crippen LogP) is 3.65. The number of fused-ring (bicyclic) bond motifs is 1. The summed E-state index contributed by atoms with van der Waals surface area (Å²) in [6, 6.07) is 9.41. The molecular formula is C17H17N3O2. The zero-order valence-corrected chi connectivity index (χ0v) is 12.8. The van der Waals surface area contributed by atoms with Gasteiger partial charge in [0.25, 0.3) is 5.91 Å². The van der Waals surface area contributed by atoms with Crippen LogP contribution in [0, 0.1) is 13.8 Å². The lowest BCUT2D eigenvalue weighted by Gasteiger charge is -2.08. The van der Waals surface area contributed by atoms with E-state index in [0.717, 1.165) is 34.3 Å². The van der Waals surface area contributed by atoms with Crippen molar-refractivity contribution in [3.8, 4) is 0 Å². The first kappa shape index (κ1) is 14.3. The van der Waals surface area contributed by atoms with Gasteiger partial charge in [0.2, 0.25) is 0 Å². The molecule has 0 fully saturated rings. The molecular weight excluding hydrogens is 278 g/mol. The average molecular weight is 295 g/mol. The van der Waals surface area contributed by atoms with E-state index >= 15 is 0 Å². The highest BCUT2D eigenvalue weighted by Crippen LogP contribution is 2.21. The number of nitrogens with zero attached hydrogens (tertiary/aromatic N) is 2. The largest absolute Gasteiger partial charge is 0.359 e. The highest BCUT2D eigenvalue weighted by Gasteiger charge is 2.14. The van der Waals surface area contributed by atoms with Gasteiger partial charge in [-0.05, 0) is 32.0 Å². The molecule has 0 saturated heterocycles. The van der Waals surface area contributed by atoms with Gasteiger partial charge in [-0.1, -0.05) is 23.7 Å². The molecule has 2 aromatic heterocycles. The van der Waals surface area contributed by atoms with Crippen LogP contribution in [0.25, 0.3) is 10.9 Å². The van der Waals surface area contributed by atoms with Crippen molar-refractivity contribution in [3.05, 3.63) is 52.9 Å². The molecule has 0 aliphatic carbocycles. The Morgan fingerprint density at radius 2 is 2.05 bits per heavy atom. The van der Waals surface area contributed by atoms with Gasteiger partial charge in [-0.15, -0.1) is 0 Å². The smallest absolute Gasteiger partial charge is 0.257 e. The Kier molecular flexibility index (Phi) is 3.63. The first-order chi connectivity index (χ1) is 10.6. The molecule has 1 aromatic carbocycles. The number of amides is 1. The molecule has 1 amide bonds. The molecule has 22 heavy (non-hydrogen) atoms. The first-order valence-electron chi connectivity index (χ1n) is 7.22. The van der Waals surface area contributed by atoms with Crippen molar-refractivity contribution in [3.63, 3.8) is 0 Å². The number of aromatic nitrogens is 2. The fraction of sp³-hybridized carbons (Fsp3) is 0.235. The lowest BCUT2D eigenvalue weighted by molar-refractivity contribution is 0.102. The second-order valence-corrected chi connectivity index (χ2v) is 5.32. The maximum Gasteiger partial charge on any atom is 0.257 e. The predicted molar refractivity (Wildman–Crippen MR) is 85.1 cm³/mol. The molecule has 0 radical (unpaired) electrons. The quantitative estimate of drug-likeness (QED) is 0.800. The molecule has 3 aromatic rings. The Morgan fingerprint density at radius 1 is 1.23 bits per heavy atom. The van der Waals surface area contributed by atoms with E-state index in [1.807, 2.05) is 39.0 Å². The molecule has 112 valence electrons. The third kappa shape index (κ3) is 2.70. The van der Waals surface area contributed by atoms with Crippen molar-refractivity contribution in [1.29, 1.82) is 0 Å². The number of aryl methyl sites for hydroxylation is 3. The summed E-state index contributed by atoms with van der Waals surface area (Å²) >= 11 is 0. The van der Waals surface area contributed by atoms with Gasteiger partial charge in [-0.2, -0.15) is 0 Å². The summed E-state index contributed by atoms with van der Waals surface area (Å²) in [5.41, 5.74) is 3.29. The van der Waals surface area contributed by atoms with Gasteiger partial charge in [-0.25, -0.2) is 0 Å². The van der Waals surface area contributed by atoms with Crippen LogP contribution in [0.15, 0.2) is 34.9 Å². The van der Waals surface area contributed by atoms with Gasteiger partial charge in [-0.3, -0.25) is 9.78 Å². The summed E-state index contributed by atoms with van der Waals surface area (Å²) < 4.78 is 5.10. The van der Waals surface area contributed by atoms with E-state index in [9.17, 15) is 4.79 Å². The molecule has 2 heterocycles. The molecule has 0 aliphatic rings. The van der Waals surface area contributed by atoms with Gasteiger partial charge in [0, 0.05) is 23.6 Å². The van der Waals surface area contributed by atoms with Crippen LogP contribution in [0.2, 0.25) is 0 Å². The van der Waals surface area contributed by atoms with Crippen molar-refractivity contribution in [1.82, 2.24) is 10.1 Å². The van der Waals surface area contributed by atoms with Crippen molar-refractivity contribution in [2.75, 3.05) is 5.32 Å². The summed E-state index contributed by atoms with van der Waals surface area (Å²) in [6.45, 7) is 5.84. The average Bonchev–Trinajstić information content (AvgIpc) is 2.94. The number of rotatable bonds is 3. The monoisotopic (exact) mass is 295 g/mol. The lowest BCUT2D eigenvalue weighted by Crippen LogP contribution is -2.13. The molecule has 1 N–H and O–H groups in total. The Morgan fingerprint density at radius 3 is 2.77 bits per heavy atom. The highest BCUT2D eigenvalue weighted by atomic mass is 16.5. The summed E-state index contributed by atoms with van der Waals surface area (Å²) in [7, 11) is 0. The maximum atomic E-state index is 12.6. The minimum atomic E-state index is -0.211. The topological polar surface area (TPSA) is 68.0 Å². The lowest BCUT2D eigenvalue weighted by atomic mass is 10.0. The summed E-state index contributed by atoms with van der Waals surface area (Å²) in [5, 5.41) is 7.47. The Bertz CT molecular complexity index is 852. The van der Waals surface area contributed by atoms with Gasteiger partial charge in [0.1, 0.15) is 5.76 Å². The molecule has 0 spiro atoms. The van der Waals surface area contributed by atoms with Crippen LogP contribution >= 0.6 is 0 Å². The minimum absolute atomic E-state index is 0.211. The van der Waals surface area contributed by atoms with E-state index in [1.165, 1.54) is 0 Å². The maximum absolute atomic E-state index is 12.6. The fourth-order valence-corrected chi connectivity index (χ4v) is 2.38. The van der Waals surface area contributed by atoms with E-state index in [-0.39, 0.29) is 5.91 Å². The van der Waals surface area contributed by atoms with Crippen LogP contribution < -0.4 is 5.32 Å². The molecule has 0 aliphatic heterocycles. The number of carbonyl (C=O) groups excluding carboxylic acids is 1. The Hall–Kier alpha value is -2.69. The fourth-order valence-electron chi connectivity index (χ4n) is 2.38. The van der Waals surface area contributed by atoms with Crippen LogP contribution in [0.3, 0.4) is 0 Å². The number of anilines is 1. The van der Waals surface area contributed by atoms with Crippen LogP contribution in [-0.2, 0) is 6.42 Å². The van der Waals surface area contributed by atoms with E-state index in [2.05, 4.69) is 15.5 Å². The number of hydrogen-bond donors (Lipinski definition) is 1. The van der Waals surface area contributed by atoms with E-state index in [1.54, 1.807) is 12.1 Å². The van der Waals surface area contributed by atoms with Crippen LogP contribution in [-0.4, -0.2) is 16.0 Å². The molecule has 5 nitrogen and oxygen atoms in total. The Balaban J connectivity index is 2.00. The number of carbonyl (C=O) groups is 1. The standard InChI is InChI=1S/C17H17N3O2/c1-4-12-9-16(20-22-12)19-17(21)14-8-11(3)18-15-6-5-10(2)7-13(14)15/h5-9H,4H2,1-3H3,(H,19,20,21). The van der Waals surface area contributed by atoms with E-state index < -0.39 is 0 Å². The highest BCUT2D eigenvalue weighted by molar-refractivity contribution is 6.12. The van der Waals surface area contributed by atoms with Crippen molar-refractivity contribution in [2.24, 2.45) is 0 Å². The zero-order chi connectivity index (χ0) is 15.7. The summed E-state index contributed by atoms with van der Waals surface area (Å²) in [4.78, 5) is 17.0. The number of hydrogen-bond acceptors (Lipinski definition) is 4. The molecule has 0 bridgehead atoms. The van der Waals surface area contributed by atoms with Crippen molar-refractivity contribution < 1.29 is 9.32 Å². The van der Waals surface area contributed by atoms with Crippen LogP contribution in [0.5, 0.6) is 0 Å². The second-order valence-electron chi connectivity index (χ2n) is 5.32. The normalized spacial score (nSPS) is 10.9. The van der Waals surface area contributed by atoms with E-state index in [0.29, 0.717) is 11.4 Å². The van der Waals surface area contributed by atoms with Gasteiger partial charge in [0.05, 0.1) is 11.1 Å². The number of benzene rings is 1. The first-order valence-corrected chi connectivity index (χ1v) is 7.22. The molecule has 0 saturated carbocycles. The van der Waals surface area contributed by atoms with Gasteiger partial charge >= 0.3 is 0 Å². The number of nitrogens with one attached hydrogen (secondary N) is 1. The van der Waals surface area contributed by atoms with Gasteiger partial charge < -0.3 is 9.84 Å². The molecule has 5 heteroatoms. The van der Waals surface area contributed by atoms with E-state index in [4.69, 9.17) is 4.52 Å². The zero-order valence-electron chi connectivity index (χ0n) is 12.8. The number of pyridine rings is 1. The van der Waals surface area contributed by atoms with Crippen LogP contribution in [0.1, 0.15) is 34.3 Å². The molecule has 3 rings (SSSR count). The summed E-state index contributed by atoms with van der Waals surface area (Å²) in [5.74, 6) is 0.955. The molecule has 0 atom stereocenters. The third-order valence-electron chi connectivity index (χ3n) is 3.49. The van der Waals surface area contributed by atoms with Crippen molar-refractivity contribution >= 4 is 22.6 Å². The second kappa shape index (κ2) is 5.60. The Labute approximate surface area is 128 Å². The third-order valence-corrected chi connectivity index (χ3v) is 3.49. The van der Waals surface area contributed by atoms with Crippen molar-refractivity contribution in [2.45, 2.75) is 27.2 Å².